The van der Waals surface area contributed by atoms with Crippen molar-refractivity contribution < 1.29 is 0 Å². The molecule has 6 nitrogen and oxygen atoms in total. The molecule has 3 rings (SSSR count). The molecular weight excluding hydrogens is 300 g/mol. The zero-order chi connectivity index (χ0) is 15.7. The van der Waals surface area contributed by atoms with Crippen molar-refractivity contribution in [2.45, 2.75) is 5.16 Å². The lowest BCUT2D eigenvalue weighted by Gasteiger charge is -2.08. The van der Waals surface area contributed by atoms with Crippen molar-refractivity contribution >= 4 is 22.8 Å². The van der Waals surface area contributed by atoms with Crippen LogP contribution in [0.25, 0.3) is 22.2 Å². The maximum absolute atomic E-state index is 12.4. The lowest BCUT2D eigenvalue weighted by Crippen LogP contribution is -2.19. The molecule has 0 radical (unpaired) electrons. The molecule has 0 aliphatic carbocycles. The first-order chi connectivity index (χ1) is 10.7. The van der Waals surface area contributed by atoms with E-state index in [9.17, 15) is 14.9 Å². The molecule has 1 aromatic carbocycles. The predicted octanol–water partition coefficient (Wildman–Crippen LogP) is 1.87. The Morgan fingerprint density at radius 1 is 1.14 bits per heavy atom. The van der Waals surface area contributed by atoms with Crippen LogP contribution >= 0.6 is 11.8 Å². The van der Waals surface area contributed by atoms with Crippen molar-refractivity contribution in [3.05, 3.63) is 56.6 Å². The van der Waals surface area contributed by atoms with Crippen molar-refractivity contribution in [2.24, 2.45) is 0 Å². The Balaban J connectivity index is 2.56. The van der Waals surface area contributed by atoms with Crippen LogP contribution in [0.5, 0.6) is 0 Å². The monoisotopic (exact) mass is 310 g/mol. The van der Waals surface area contributed by atoms with Gasteiger partial charge in [-0.2, -0.15) is 5.26 Å². The number of nitrogens with zero attached hydrogens (tertiary/aromatic N) is 2. The Morgan fingerprint density at radius 2 is 1.86 bits per heavy atom. The summed E-state index contributed by atoms with van der Waals surface area (Å²) < 4.78 is 0. The maximum atomic E-state index is 12.4. The number of aromatic amines is 2. The van der Waals surface area contributed by atoms with Crippen LogP contribution in [0.2, 0.25) is 0 Å². The minimum Gasteiger partial charge on any atom is -0.305 e. The number of benzene rings is 1. The molecule has 0 aliphatic heterocycles. The van der Waals surface area contributed by atoms with Gasteiger partial charge in [-0.1, -0.05) is 42.1 Å². The predicted molar refractivity (Wildman–Crippen MR) is 84.9 cm³/mol. The van der Waals surface area contributed by atoms with E-state index in [0.717, 1.165) is 0 Å². The fourth-order valence-corrected chi connectivity index (χ4v) is 2.66. The maximum Gasteiger partial charge on any atom is 0.268 e. The third kappa shape index (κ3) is 2.19. The van der Waals surface area contributed by atoms with E-state index in [1.165, 1.54) is 11.8 Å². The van der Waals surface area contributed by atoms with E-state index in [1.807, 2.05) is 12.1 Å². The van der Waals surface area contributed by atoms with Gasteiger partial charge in [0.2, 0.25) is 0 Å². The van der Waals surface area contributed by atoms with Gasteiger partial charge in [0.15, 0.2) is 5.16 Å². The Bertz CT molecular complexity index is 1020. The molecule has 0 bridgehead atoms. The Morgan fingerprint density at radius 3 is 2.50 bits per heavy atom. The number of nitrogens with one attached hydrogen (secondary N) is 2. The Kier molecular flexibility index (Phi) is 3.53. The third-order valence-electron chi connectivity index (χ3n) is 3.22. The number of hydrogen-bond donors (Lipinski definition) is 2. The van der Waals surface area contributed by atoms with E-state index in [0.29, 0.717) is 16.3 Å². The molecule has 3 aromatic rings. The molecule has 2 aromatic heterocycles. The molecule has 7 heteroatoms. The second kappa shape index (κ2) is 5.50. The summed E-state index contributed by atoms with van der Waals surface area (Å²) in [4.78, 5) is 33.9. The molecule has 0 aliphatic rings. The lowest BCUT2D eigenvalue weighted by atomic mass is 9.99. The van der Waals surface area contributed by atoms with Gasteiger partial charge in [-0.25, -0.2) is 4.98 Å². The first kappa shape index (κ1) is 14.1. The normalized spacial score (nSPS) is 10.5. The second-order valence-electron chi connectivity index (χ2n) is 4.48. The fraction of sp³-hybridized carbons (Fsp3) is 0.0667. The number of hydrogen-bond acceptors (Lipinski definition) is 5. The molecule has 22 heavy (non-hydrogen) atoms. The smallest absolute Gasteiger partial charge is 0.268 e. The van der Waals surface area contributed by atoms with Crippen LogP contribution in [0.4, 0.5) is 0 Å². The summed E-state index contributed by atoms with van der Waals surface area (Å²) in [5.74, 6) is 0. The number of fused-ring (bicyclic) bond motifs is 1. The number of thioether (sulfide) groups is 1. The fourth-order valence-electron chi connectivity index (χ4n) is 2.28. The van der Waals surface area contributed by atoms with Crippen LogP contribution in [-0.4, -0.2) is 21.2 Å². The van der Waals surface area contributed by atoms with E-state index in [-0.39, 0.29) is 22.2 Å². The van der Waals surface area contributed by atoms with E-state index < -0.39 is 5.56 Å². The van der Waals surface area contributed by atoms with E-state index >= 15 is 0 Å². The first-order valence-electron chi connectivity index (χ1n) is 6.35. The first-order valence-corrected chi connectivity index (χ1v) is 7.58. The van der Waals surface area contributed by atoms with Crippen molar-refractivity contribution in [3.63, 3.8) is 0 Å². The summed E-state index contributed by atoms with van der Waals surface area (Å²) in [6, 6.07) is 10.8. The topological polar surface area (TPSA) is 102 Å². The van der Waals surface area contributed by atoms with Crippen molar-refractivity contribution in [1.29, 1.82) is 5.26 Å². The van der Waals surface area contributed by atoms with Crippen LogP contribution in [-0.2, 0) is 0 Å². The number of rotatable bonds is 2. The summed E-state index contributed by atoms with van der Waals surface area (Å²) in [5.41, 5.74) is 0.0708. The molecule has 2 heterocycles. The van der Waals surface area contributed by atoms with Crippen molar-refractivity contribution in [2.75, 3.05) is 6.26 Å². The van der Waals surface area contributed by atoms with Crippen molar-refractivity contribution in [1.82, 2.24) is 15.0 Å². The summed E-state index contributed by atoms with van der Waals surface area (Å²) in [7, 11) is 0. The standard InChI is InChI=1S/C15H10N4O2S/c1-22-15-18-12-11(14(21)19-15)10(8-5-3-2-4-6-8)9(7-16)13(20)17-12/h2-6H,1H3,(H2,17,18,19,20,21). The number of H-pyrrole nitrogens is 2. The van der Waals surface area contributed by atoms with Gasteiger partial charge in [0.25, 0.3) is 11.1 Å². The Labute approximate surface area is 128 Å². The zero-order valence-corrected chi connectivity index (χ0v) is 12.3. The molecule has 108 valence electrons. The van der Waals surface area contributed by atoms with Gasteiger partial charge in [0.05, 0.1) is 5.39 Å². The Hall–Kier alpha value is -2.85. The van der Waals surface area contributed by atoms with Crippen LogP contribution in [0.1, 0.15) is 5.56 Å². The molecular formula is C15H10N4O2S. The molecule has 2 N–H and O–H groups in total. The summed E-state index contributed by atoms with van der Waals surface area (Å²) in [5, 5.41) is 9.91. The highest BCUT2D eigenvalue weighted by molar-refractivity contribution is 7.98. The van der Waals surface area contributed by atoms with Gasteiger partial charge in [0.1, 0.15) is 17.3 Å². The van der Waals surface area contributed by atoms with Gasteiger partial charge in [-0.3, -0.25) is 9.59 Å². The summed E-state index contributed by atoms with van der Waals surface area (Å²) in [6.07, 6.45) is 1.77. The lowest BCUT2D eigenvalue weighted by molar-refractivity contribution is 0.960. The summed E-state index contributed by atoms with van der Waals surface area (Å²) >= 11 is 1.26. The molecule has 0 atom stereocenters. The number of aromatic nitrogens is 3. The SMILES string of the molecule is CSc1nc2[nH]c(=O)c(C#N)c(-c3ccccc3)c2c(=O)[nH]1. The summed E-state index contributed by atoms with van der Waals surface area (Å²) in [6.45, 7) is 0. The molecule has 0 amide bonds. The minimum absolute atomic E-state index is 0.0945. The average Bonchev–Trinajstić information content (AvgIpc) is 2.54. The number of nitriles is 1. The van der Waals surface area contributed by atoms with Crippen LogP contribution in [0.15, 0.2) is 45.1 Å². The average molecular weight is 310 g/mol. The highest BCUT2D eigenvalue weighted by atomic mass is 32.2. The second-order valence-corrected chi connectivity index (χ2v) is 5.28. The minimum atomic E-state index is -0.556. The number of pyridine rings is 1. The molecule has 0 unspecified atom stereocenters. The largest absolute Gasteiger partial charge is 0.305 e. The molecule has 0 fully saturated rings. The van der Waals surface area contributed by atoms with E-state index in [1.54, 1.807) is 30.5 Å². The molecule has 0 saturated heterocycles. The third-order valence-corrected chi connectivity index (χ3v) is 3.80. The van der Waals surface area contributed by atoms with Gasteiger partial charge in [-0.05, 0) is 11.8 Å². The van der Waals surface area contributed by atoms with Crippen LogP contribution in [0.3, 0.4) is 0 Å². The quantitative estimate of drug-likeness (QED) is 0.555. The van der Waals surface area contributed by atoms with Gasteiger partial charge in [-0.15, -0.1) is 0 Å². The van der Waals surface area contributed by atoms with Crippen LogP contribution < -0.4 is 11.1 Å². The highest BCUT2D eigenvalue weighted by Gasteiger charge is 2.18. The van der Waals surface area contributed by atoms with Gasteiger partial charge >= 0.3 is 0 Å². The molecule has 0 spiro atoms. The molecule has 0 saturated carbocycles. The highest BCUT2D eigenvalue weighted by Crippen LogP contribution is 2.26. The van der Waals surface area contributed by atoms with E-state index in [4.69, 9.17) is 0 Å². The van der Waals surface area contributed by atoms with Crippen molar-refractivity contribution in [3.8, 4) is 17.2 Å². The van der Waals surface area contributed by atoms with Gasteiger partial charge in [0, 0.05) is 5.56 Å². The van der Waals surface area contributed by atoms with E-state index in [2.05, 4.69) is 15.0 Å². The zero-order valence-electron chi connectivity index (χ0n) is 11.5. The van der Waals surface area contributed by atoms with Crippen LogP contribution in [0, 0.1) is 11.3 Å². The van der Waals surface area contributed by atoms with Gasteiger partial charge < -0.3 is 9.97 Å².